The van der Waals surface area contributed by atoms with E-state index in [1.807, 2.05) is 11.0 Å². The number of amides is 2. The Hall–Kier alpha value is -3.30. The van der Waals surface area contributed by atoms with Gasteiger partial charge in [0.25, 0.3) is 0 Å². The van der Waals surface area contributed by atoms with Gasteiger partial charge in [0, 0.05) is 25.7 Å². The van der Waals surface area contributed by atoms with Crippen LogP contribution in [0.1, 0.15) is 24.7 Å². The zero-order valence-electron chi connectivity index (χ0n) is 16.7. The molecule has 2 aliphatic heterocycles. The first-order valence-electron chi connectivity index (χ1n) is 9.77. The van der Waals surface area contributed by atoms with Gasteiger partial charge in [-0.05, 0) is 36.6 Å². The molecule has 0 unspecified atom stereocenters. The van der Waals surface area contributed by atoms with Crippen molar-refractivity contribution in [3.05, 3.63) is 59.8 Å². The number of hydrogen-bond donors (Lipinski definition) is 0. The lowest BCUT2D eigenvalue weighted by Crippen LogP contribution is -2.56. The Morgan fingerprint density at radius 1 is 1.19 bits per heavy atom. The van der Waals surface area contributed by atoms with E-state index < -0.39 is 18.0 Å². The average Bonchev–Trinajstić information content (AvgIpc) is 3.25. The van der Waals surface area contributed by atoms with Crippen LogP contribution in [0.2, 0.25) is 0 Å². The molecule has 4 rings (SSSR count). The number of guanidine groups is 1. The second-order valence-corrected chi connectivity index (χ2v) is 7.15. The Balaban J connectivity index is 1.51. The molecule has 0 saturated heterocycles. The van der Waals surface area contributed by atoms with E-state index in [1.54, 1.807) is 19.1 Å². The number of rotatable bonds is 3. The fourth-order valence-corrected chi connectivity index (χ4v) is 3.64. The van der Waals surface area contributed by atoms with Gasteiger partial charge in [0.2, 0.25) is 11.7 Å². The number of carbonyl (C=O) groups excluding carboxylic acids is 1. The van der Waals surface area contributed by atoms with E-state index in [9.17, 15) is 22.4 Å². The predicted octanol–water partition coefficient (Wildman–Crippen LogP) is 4.80. The molecule has 10 heteroatoms. The molecule has 0 spiro atoms. The molecule has 164 valence electrons. The fourth-order valence-electron chi connectivity index (χ4n) is 3.64. The van der Waals surface area contributed by atoms with Crippen molar-refractivity contribution < 1.29 is 26.8 Å². The third-order valence-electron chi connectivity index (χ3n) is 5.26. The van der Waals surface area contributed by atoms with Crippen molar-refractivity contribution in [3.8, 4) is 0 Å². The molecule has 0 atom stereocenters. The minimum absolute atomic E-state index is 0.00992. The second kappa shape index (κ2) is 8.09. The highest BCUT2D eigenvalue weighted by atomic mass is 19.4. The largest absolute Gasteiger partial charge is 0.458 e. The summed E-state index contributed by atoms with van der Waals surface area (Å²) in [7, 11) is 0. The van der Waals surface area contributed by atoms with Gasteiger partial charge in [-0.2, -0.15) is 13.2 Å². The van der Waals surface area contributed by atoms with E-state index in [2.05, 4.69) is 9.41 Å². The molecule has 2 amide bonds. The van der Waals surface area contributed by atoms with E-state index in [0.717, 1.165) is 28.4 Å². The summed E-state index contributed by atoms with van der Waals surface area (Å²) in [5.41, 5.74) is 2.04. The zero-order valence-corrected chi connectivity index (χ0v) is 16.7. The average molecular weight is 436 g/mol. The standard InChI is InChI=1S/C21H20F4N4O2/c1-2-28-19(27-9-7-15(8-10-27)14-3-5-16(22)6-4-14)26-13-29(20(28)30)17-11-18(31-12-17)21(23,24)25/h3-7,11-12H,2,8-10,13H2,1H3. The van der Waals surface area contributed by atoms with E-state index in [4.69, 9.17) is 0 Å². The number of hydrogen-bond acceptors (Lipinski definition) is 4. The Kier molecular flexibility index (Phi) is 5.47. The summed E-state index contributed by atoms with van der Waals surface area (Å²) in [6.45, 7) is 3.10. The molecule has 3 heterocycles. The number of furan rings is 1. The summed E-state index contributed by atoms with van der Waals surface area (Å²) in [6.07, 6.45) is -1.02. The van der Waals surface area contributed by atoms with E-state index in [1.165, 1.54) is 17.0 Å². The lowest BCUT2D eigenvalue weighted by atomic mass is 9.99. The van der Waals surface area contributed by atoms with Crippen molar-refractivity contribution >= 4 is 23.3 Å². The van der Waals surface area contributed by atoms with Crippen LogP contribution in [0.25, 0.3) is 5.57 Å². The lowest BCUT2D eigenvalue weighted by molar-refractivity contribution is -0.153. The Morgan fingerprint density at radius 3 is 2.52 bits per heavy atom. The van der Waals surface area contributed by atoms with Crippen LogP contribution in [-0.2, 0) is 6.18 Å². The van der Waals surface area contributed by atoms with Crippen LogP contribution in [0.3, 0.4) is 0 Å². The fraction of sp³-hybridized carbons (Fsp3) is 0.333. The number of carbonyl (C=O) groups is 1. The van der Waals surface area contributed by atoms with E-state index >= 15 is 0 Å². The highest BCUT2D eigenvalue weighted by Crippen LogP contribution is 2.34. The summed E-state index contributed by atoms with van der Waals surface area (Å²) >= 11 is 0. The monoisotopic (exact) mass is 436 g/mol. The molecule has 6 nitrogen and oxygen atoms in total. The SMILES string of the molecule is CCN1C(=O)N(c2coc(C(F)(F)F)c2)CN=C1N1CC=C(c2ccc(F)cc2)CC1. The molecule has 0 aliphatic carbocycles. The van der Waals surface area contributed by atoms with Crippen LogP contribution in [0.5, 0.6) is 0 Å². The molecule has 0 saturated carbocycles. The molecule has 0 fully saturated rings. The number of urea groups is 1. The van der Waals surface area contributed by atoms with Gasteiger partial charge in [-0.25, -0.2) is 14.2 Å². The zero-order chi connectivity index (χ0) is 22.2. The van der Waals surface area contributed by atoms with Crippen molar-refractivity contribution in [2.45, 2.75) is 19.5 Å². The maximum atomic E-state index is 13.1. The Bertz CT molecular complexity index is 1030. The van der Waals surface area contributed by atoms with Gasteiger partial charge in [0.15, 0.2) is 0 Å². The van der Waals surface area contributed by atoms with Crippen molar-refractivity contribution in [1.82, 2.24) is 9.80 Å². The van der Waals surface area contributed by atoms with Crippen LogP contribution in [0, 0.1) is 5.82 Å². The molecular formula is C21H20F4N4O2. The van der Waals surface area contributed by atoms with Crippen LogP contribution >= 0.6 is 0 Å². The number of aliphatic imine (C=N–C) groups is 1. The van der Waals surface area contributed by atoms with Gasteiger partial charge in [-0.15, -0.1) is 0 Å². The van der Waals surface area contributed by atoms with Gasteiger partial charge in [-0.1, -0.05) is 18.2 Å². The molecule has 0 radical (unpaired) electrons. The summed E-state index contributed by atoms with van der Waals surface area (Å²) in [5.74, 6) is -0.972. The van der Waals surface area contributed by atoms with E-state index in [-0.39, 0.29) is 18.2 Å². The highest BCUT2D eigenvalue weighted by molar-refractivity contribution is 6.06. The molecule has 2 aliphatic rings. The molecule has 0 N–H and O–H groups in total. The normalized spacial score (nSPS) is 17.7. The number of halogens is 4. The number of alkyl halides is 3. The smallest absolute Gasteiger partial charge is 0.449 e. The van der Waals surface area contributed by atoms with Gasteiger partial charge < -0.3 is 9.32 Å². The third kappa shape index (κ3) is 4.14. The number of anilines is 1. The quantitative estimate of drug-likeness (QED) is 0.650. The maximum absolute atomic E-state index is 13.1. The topological polar surface area (TPSA) is 52.3 Å². The Morgan fingerprint density at radius 2 is 1.94 bits per heavy atom. The van der Waals surface area contributed by atoms with Gasteiger partial charge >= 0.3 is 12.2 Å². The molecule has 1 aromatic carbocycles. The predicted molar refractivity (Wildman–Crippen MR) is 107 cm³/mol. The molecular weight excluding hydrogens is 416 g/mol. The molecule has 0 bridgehead atoms. The van der Waals surface area contributed by atoms with Crippen molar-refractivity contribution in [1.29, 1.82) is 0 Å². The summed E-state index contributed by atoms with van der Waals surface area (Å²) in [6, 6.07) is 6.63. The van der Waals surface area contributed by atoms with Gasteiger partial charge in [0.05, 0.1) is 5.69 Å². The first-order chi connectivity index (χ1) is 14.8. The van der Waals surface area contributed by atoms with Gasteiger partial charge in [0.1, 0.15) is 18.7 Å². The first kappa shape index (κ1) is 21.0. The molecule has 2 aromatic rings. The minimum atomic E-state index is -4.63. The van der Waals surface area contributed by atoms with Crippen molar-refractivity contribution in [3.63, 3.8) is 0 Å². The minimum Gasteiger partial charge on any atom is -0.458 e. The number of nitrogens with zero attached hydrogens (tertiary/aromatic N) is 4. The van der Waals surface area contributed by atoms with Crippen LogP contribution in [0.4, 0.5) is 28.0 Å². The second-order valence-electron chi connectivity index (χ2n) is 7.15. The summed E-state index contributed by atoms with van der Waals surface area (Å²) in [4.78, 5) is 21.9. The number of benzene rings is 1. The molecule has 31 heavy (non-hydrogen) atoms. The molecule has 1 aromatic heterocycles. The Labute approximate surface area is 176 Å². The highest BCUT2D eigenvalue weighted by Gasteiger charge is 2.38. The first-order valence-corrected chi connectivity index (χ1v) is 9.77. The van der Waals surface area contributed by atoms with E-state index in [0.29, 0.717) is 32.0 Å². The summed E-state index contributed by atoms with van der Waals surface area (Å²) < 4.78 is 56.2. The van der Waals surface area contributed by atoms with Gasteiger partial charge in [-0.3, -0.25) is 9.80 Å². The lowest BCUT2D eigenvalue weighted by Gasteiger charge is -2.39. The van der Waals surface area contributed by atoms with Crippen molar-refractivity contribution in [2.24, 2.45) is 4.99 Å². The maximum Gasteiger partial charge on any atom is 0.449 e. The third-order valence-corrected chi connectivity index (χ3v) is 5.26. The summed E-state index contributed by atoms with van der Waals surface area (Å²) in [5, 5.41) is 0. The van der Waals surface area contributed by atoms with Crippen LogP contribution in [0.15, 0.2) is 52.1 Å². The van der Waals surface area contributed by atoms with Crippen molar-refractivity contribution in [2.75, 3.05) is 31.2 Å². The van der Waals surface area contributed by atoms with Crippen LogP contribution in [-0.4, -0.2) is 48.1 Å². The van der Waals surface area contributed by atoms with Crippen LogP contribution < -0.4 is 4.90 Å².